The Morgan fingerprint density at radius 2 is 1.94 bits per heavy atom. The van der Waals surface area contributed by atoms with Crippen LogP contribution in [0, 0.1) is 13.8 Å². The number of nitrogens with one attached hydrogen (secondary N) is 1. The predicted molar refractivity (Wildman–Crippen MR) is 136 cm³/mol. The van der Waals surface area contributed by atoms with Crippen molar-refractivity contribution in [1.29, 1.82) is 0 Å². The number of halogens is 1. The first-order chi connectivity index (χ1) is 15.2. The molecule has 4 rings (SSSR count). The molecule has 1 unspecified atom stereocenters. The van der Waals surface area contributed by atoms with Gasteiger partial charge in [0.25, 0.3) is 6.47 Å². The first-order valence-electron chi connectivity index (χ1n) is 11.4. The third-order valence-corrected chi connectivity index (χ3v) is 6.48. The van der Waals surface area contributed by atoms with Crippen molar-refractivity contribution in [2.45, 2.75) is 72.1 Å². The molecule has 5 heteroatoms. The van der Waals surface area contributed by atoms with E-state index in [1.165, 1.54) is 63.4 Å². The number of fused-ring (bicyclic) bond motifs is 1. The van der Waals surface area contributed by atoms with Crippen molar-refractivity contribution in [2.24, 2.45) is 0 Å². The zero-order valence-electron chi connectivity index (χ0n) is 19.9. The second kappa shape index (κ2) is 10.7. The lowest BCUT2D eigenvalue weighted by molar-refractivity contribution is -0.138. The molecule has 3 aromatic rings. The number of hydrogen-bond donors (Lipinski definition) is 1. The summed E-state index contributed by atoms with van der Waals surface area (Å²) in [5.74, 6) is 0. The normalized spacial score (nSPS) is 17.0. The molecule has 2 aromatic carbocycles. The molecule has 0 radical (unpaired) electrons. The van der Waals surface area contributed by atoms with Gasteiger partial charge in [0.05, 0.1) is 0 Å². The van der Waals surface area contributed by atoms with E-state index in [4.69, 9.17) is 0 Å². The predicted octanol–water partition coefficient (Wildman–Crippen LogP) is 7.23. The highest BCUT2D eigenvalue weighted by atomic mass is 79.9. The fraction of sp³-hybridized carbons (Fsp3) is 0.444. The maximum Gasteiger partial charge on any atom is 0.293 e. The van der Waals surface area contributed by atoms with Crippen LogP contribution in [0.15, 0.2) is 47.1 Å². The van der Waals surface area contributed by atoms with Gasteiger partial charge < -0.3 is 9.72 Å². The minimum atomic E-state index is -0.318. The molecule has 2 heterocycles. The second-order valence-electron chi connectivity index (χ2n) is 9.62. The van der Waals surface area contributed by atoms with E-state index in [9.17, 15) is 4.79 Å². The lowest BCUT2D eigenvalue weighted by Gasteiger charge is -2.36. The van der Waals surface area contributed by atoms with E-state index in [0.717, 1.165) is 6.54 Å². The van der Waals surface area contributed by atoms with Gasteiger partial charge in [-0.15, -0.1) is 0 Å². The van der Waals surface area contributed by atoms with Crippen LogP contribution in [0.25, 0.3) is 10.9 Å². The van der Waals surface area contributed by atoms with Gasteiger partial charge in [-0.1, -0.05) is 40.5 Å². The van der Waals surface area contributed by atoms with Crippen molar-refractivity contribution in [2.75, 3.05) is 6.54 Å². The van der Waals surface area contributed by atoms with Crippen LogP contribution in [0.1, 0.15) is 68.3 Å². The molecule has 1 fully saturated rings. The van der Waals surface area contributed by atoms with Gasteiger partial charge in [-0.2, -0.15) is 0 Å². The Morgan fingerprint density at radius 1 is 1.16 bits per heavy atom. The molecular weight excluding hydrogens is 464 g/mol. The number of ether oxygens (including phenoxy) is 1. The molecule has 4 nitrogen and oxygen atoms in total. The lowest BCUT2D eigenvalue weighted by atomic mass is 9.93. The molecule has 172 valence electrons. The summed E-state index contributed by atoms with van der Waals surface area (Å²) in [6.45, 7) is 12.6. The minimum absolute atomic E-state index is 0.318. The molecular formula is C27H35BrN2O2. The summed E-state index contributed by atoms with van der Waals surface area (Å²) in [5.41, 5.74) is 6.62. The van der Waals surface area contributed by atoms with Crippen LogP contribution in [-0.4, -0.2) is 28.5 Å². The quantitative estimate of drug-likeness (QED) is 0.385. The number of rotatable bonds is 4. The summed E-state index contributed by atoms with van der Waals surface area (Å²) in [6.07, 6.45) is 5.94. The lowest BCUT2D eigenvalue weighted by Crippen LogP contribution is -2.33. The van der Waals surface area contributed by atoms with Crippen molar-refractivity contribution in [3.05, 3.63) is 69.3 Å². The monoisotopic (exact) mass is 498 g/mol. The topological polar surface area (TPSA) is 45.3 Å². The number of carbonyl (C=O) groups excluding carboxylic acids is 1. The highest BCUT2D eigenvalue weighted by molar-refractivity contribution is 9.10. The van der Waals surface area contributed by atoms with Gasteiger partial charge in [0.2, 0.25) is 0 Å². The van der Waals surface area contributed by atoms with Crippen molar-refractivity contribution in [1.82, 2.24) is 9.88 Å². The Balaban J connectivity index is 0.000000360. The number of H-pyrrole nitrogens is 1. The average molecular weight is 499 g/mol. The fourth-order valence-electron chi connectivity index (χ4n) is 4.47. The molecule has 1 N–H and O–H groups in total. The number of carbonyl (C=O) groups is 1. The highest BCUT2D eigenvalue weighted by Crippen LogP contribution is 2.35. The van der Waals surface area contributed by atoms with E-state index in [-0.39, 0.29) is 5.60 Å². The van der Waals surface area contributed by atoms with Gasteiger partial charge in [-0.05, 0) is 94.5 Å². The molecule has 1 aliphatic rings. The van der Waals surface area contributed by atoms with Crippen LogP contribution in [-0.2, 0) is 16.1 Å². The maximum absolute atomic E-state index is 9.60. The smallest absolute Gasteiger partial charge is 0.293 e. The Labute approximate surface area is 200 Å². The molecule has 1 saturated heterocycles. The molecule has 0 bridgehead atoms. The third-order valence-electron chi connectivity index (χ3n) is 5.99. The summed E-state index contributed by atoms with van der Waals surface area (Å²) in [6, 6.07) is 13.9. The van der Waals surface area contributed by atoms with Gasteiger partial charge in [0, 0.05) is 34.2 Å². The van der Waals surface area contributed by atoms with E-state index < -0.39 is 0 Å². The minimum Gasteiger partial charge on any atom is -0.462 e. The number of nitrogens with zero attached hydrogens (tertiary/aromatic N) is 1. The Kier molecular flexibility index (Phi) is 8.18. The molecule has 0 spiro atoms. The van der Waals surface area contributed by atoms with E-state index in [1.807, 2.05) is 20.8 Å². The molecule has 0 saturated carbocycles. The molecule has 0 amide bonds. The summed E-state index contributed by atoms with van der Waals surface area (Å²) in [7, 11) is 0. The Hall–Kier alpha value is -2.11. The van der Waals surface area contributed by atoms with Gasteiger partial charge in [0.15, 0.2) is 0 Å². The molecule has 0 aliphatic carbocycles. The molecule has 32 heavy (non-hydrogen) atoms. The van der Waals surface area contributed by atoms with Crippen LogP contribution in [0.5, 0.6) is 0 Å². The van der Waals surface area contributed by atoms with E-state index in [0.29, 0.717) is 12.5 Å². The molecule has 1 atom stereocenters. The number of hydrogen-bond acceptors (Lipinski definition) is 3. The van der Waals surface area contributed by atoms with Gasteiger partial charge in [0.1, 0.15) is 5.60 Å². The number of likely N-dealkylation sites (tertiary alicyclic amines) is 1. The number of piperidine rings is 1. The van der Waals surface area contributed by atoms with Gasteiger partial charge >= 0.3 is 0 Å². The maximum atomic E-state index is 9.60. The zero-order valence-corrected chi connectivity index (χ0v) is 21.5. The summed E-state index contributed by atoms with van der Waals surface area (Å²) >= 11 is 3.64. The number of aryl methyl sites for hydroxylation is 2. The van der Waals surface area contributed by atoms with Crippen LogP contribution in [0.2, 0.25) is 0 Å². The van der Waals surface area contributed by atoms with Crippen molar-refractivity contribution in [3.63, 3.8) is 0 Å². The number of benzene rings is 2. The van der Waals surface area contributed by atoms with Crippen molar-refractivity contribution < 1.29 is 9.53 Å². The summed E-state index contributed by atoms with van der Waals surface area (Å²) in [4.78, 5) is 15.7. The SMILES string of the molecule is CC(C)(C)OC=O.Cc1cc(C)c2[nH]ccc2c1CN1CCCCC1c1cccc(Br)c1. The van der Waals surface area contributed by atoms with Crippen LogP contribution in [0.3, 0.4) is 0 Å². The fourth-order valence-corrected chi connectivity index (χ4v) is 4.89. The van der Waals surface area contributed by atoms with Crippen molar-refractivity contribution >= 4 is 33.3 Å². The van der Waals surface area contributed by atoms with Crippen LogP contribution < -0.4 is 0 Å². The zero-order chi connectivity index (χ0) is 23.3. The largest absolute Gasteiger partial charge is 0.462 e. The first kappa shape index (κ1) is 24.5. The Morgan fingerprint density at radius 3 is 2.59 bits per heavy atom. The summed E-state index contributed by atoms with van der Waals surface area (Å²) < 4.78 is 5.72. The number of aromatic amines is 1. The van der Waals surface area contributed by atoms with E-state index in [1.54, 1.807) is 0 Å². The average Bonchev–Trinajstić information content (AvgIpc) is 3.21. The highest BCUT2D eigenvalue weighted by Gasteiger charge is 2.25. The third kappa shape index (κ3) is 6.23. The van der Waals surface area contributed by atoms with Crippen LogP contribution >= 0.6 is 15.9 Å². The summed E-state index contributed by atoms with van der Waals surface area (Å²) in [5, 5.41) is 1.39. The van der Waals surface area contributed by atoms with Gasteiger partial charge in [-0.25, -0.2) is 0 Å². The van der Waals surface area contributed by atoms with Crippen molar-refractivity contribution in [3.8, 4) is 0 Å². The van der Waals surface area contributed by atoms with Crippen LogP contribution in [0.4, 0.5) is 0 Å². The standard InChI is InChI=1S/C22H25BrN2.C5H10O2/c1-15-12-16(2)22-19(9-10-24-22)20(15)14-25-11-4-3-8-21(25)17-6-5-7-18(23)13-17;1-5(2,3)7-4-6/h5-7,9-10,12-13,21,24H,3-4,8,11,14H2,1-2H3;4H,1-3H3. The first-order valence-corrected chi connectivity index (χ1v) is 12.2. The van der Waals surface area contributed by atoms with Gasteiger partial charge in [-0.3, -0.25) is 9.69 Å². The van der Waals surface area contributed by atoms with E-state index in [2.05, 4.69) is 87.0 Å². The van der Waals surface area contributed by atoms with E-state index >= 15 is 0 Å². The second-order valence-corrected chi connectivity index (χ2v) is 10.5. The number of aromatic nitrogens is 1. The molecule has 1 aliphatic heterocycles. The molecule has 1 aromatic heterocycles. The Bertz CT molecular complexity index is 1050.